The van der Waals surface area contributed by atoms with Crippen LogP contribution in [0, 0.1) is 5.82 Å². The lowest BCUT2D eigenvalue weighted by Crippen LogP contribution is -2.45. The van der Waals surface area contributed by atoms with Gasteiger partial charge in [-0.05, 0) is 60.7 Å². The molecular weight excluding hydrogens is 331 g/mol. The fourth-order valence-corrected chi connectivity index (χ4v) is 1.93. The molecule has 0 atom stereocenters. The summed E-state index contributed by atoms with van der Waals surface area (Å²) in [4.78, 5) is 11.7. The van der Waals surface area contributed by atoms with Crippen molar-refractivity contribution in [2.45, 2.75) is 0 Å². The molecule has 0 radical (unpaired) electrons. The maximum absolute atomic E-state index is 12.8. The molecule has 0 saturated carbocycles. The summed E-state index contributed by atoms with van der Waals surface area (Å²) in [6.07, 6.45) is 0. The number of anilines is 2. The van der Waals surface area contributed by atoms with Crippen molar-refractivity contribution >= 4 is 34.6 Å². The van der Waals surface area contributed by atoms with Crippen LogP contribution >= 0.6 is 12.2 Å². The predicted molar refractivity (Wildman–Crippen MR) is 95.4 cm³/mol. The highest BCUT2D eigenvalue weighted by Crippen LogP contribution is 2.14. The van der Waals surface area contributed by atoms with Crippen molar-refractivity contribution in [2.24, 2.45) is 0 Å². The number of hydrogen-bond acceptors (Lipinski definition) is 4. The van der Waals surface area contributed by atoms with E-state index in [1.165, 1.54) is 12.1 Å². The molecule has 1 amide bonds. The summed E-state index contributed by atoms with van der Waals surface area (Å²) in [6.45, 7) is 0.0176. The van der Waals surface area contributed by atoms with E-state index >= 15 is 0 Å². The summed E-state index contributed by atoms with van der Waals surface area (Å²) in [5, 5.41) is 6.02. The van der Waals surface area contributed by atoms with Crippen molar-refractivity contribution < 1.29 is 13.9 Å². The second kappa shape index (κ2) is 8.68. The zero-order chi connectivity index (χ0) is 17.4. The summed E-state index contributed by atoms with van der Waals surface area (Å²) in [5.74, 6) is 0.0828. The lowest BCUT2D eigenvalue weighted by atomic mass is 10.3. The van der Waals surface area contributed by atoms with E-state index < -0.39 is 0 Å². The molecule has 8 heteroatoms. The van der Waals surface area contributed by atoms with Gasteiger partial charge in [-0.2, -0.15) is 0 Å². The van der Waals surface area contributed by atoms with Gasteiger partial charge in [-0.25, -0.2) is 4.39 Å². The first-order valence-corrected chi connectivity index (χ1v) is 7.47. The Hall–Kier alpha value is -2.87. The second-order valence-corrected chi connectivity index (χ2v) is 5.12. The highest BCUT2D eigenvalue weighted by Gasteiger charge is 2.03. The molecule has 0 unspecified atom stereocenters. The number of carbonyl (C=O) groups is 1. The van der Waals surface area contributed by atoms with E-state index in [0.717, 1.165) is 11.4 Å². The zero-order valence-corrected chi connectivity index (χ0v) is 13.7. The normalized spacial score (nSPS) is 9.75. The van der Waals surface area contributed by atoms with Crippen LogP contribution in [0.25, 0.3) is 0 Å². The lowest BCUT2D eigenvalue weighted by Gasteiger charge is -2.12. The molecular formula is C16H17FN4O2S. The number of hydrogen-bond donors (Lipinski definition) is 4. The first-order chi connectivity index (χ1) is 11.6. The molecule has 4 N–H and O–H groups in total. The molecule has 0 spiro atoms. The number of methoxy groups -OCH3 is 1. The molecule has 0 heterocycles. The molecule has 2 aromatic rings. The summed E-state index contributed by atoms with van der Waals surface area (Å²) in [6, 6.07) is 12.9. The van der Waals surface area contributed by atoms with Gasteiger partial charge in [0.15, 0.2) is 5.11 Å². The Morgan fingerprint density at radius 3 is 2.29 bits per heavy atom. The summed E-state index contributed by atoms with van der Waals surface area (Å²) >= 11 is 5.08. The minimum atomic E-state index is -0.332. The predicted octanol–water partition coefficient (Wildman–Crippen LogP) is 2.26. The van der Waals surface area contributed by atoms with Gasteiger partial charge in [0.1, 0.15) is 11.6 Å². The van der Waals surface area contributed by atoms with Crippen molar-refractivity contribution in [1.82, 2.24) is 10.9 Å². The topological polar surface area (TPSA) is 74.4 Å². The van der Waals surface area contributed by atoms with Crippen molar-refractivity contribution in [3.8, 4) is 5.75 Å². The van der Waals surface area contributed by atoms with Crippen LogP contribution in [-0.4, -0.2) is 24.7 Å². The maximum Gasteiger partial charge on any atom is 0.257 e. The van der Waals surface area contributed by atoms with Crippen LogP contribution in [-0.2, 0) is 4.79 Å². The van der Waals surface area contributed by atoms with Crippen LogP contribution in [0.4, 0.5) is 15.8 Å². The van der Waals surface area contributed by atoms with Crippen LogP contribution in [0.2, 0.25) is 0 Å². The second-order valence-electron chi connectivity index (χ2n) is 4.72. The van der Waals surface area contributed by atoms with E-state index in [9.17, 15) is 9.18 Å². The van der Waals surface area contributed by atoms with Crippen LogP contribution in [0.1, 0.15) is 0 Å². The van der Waals surface area contributed by atoms with E-state index in [2.05, 4.69) is 21.5 Å². The Balaban J connectivity index is 1.70. The standard InChI is InChI=1S/C16H17FN4O2S/c1-23-14-8-6-13(7-9-14)19-16(24)21-20-15(22)10-18-12-4-2-11(17)3-5-12/h2-9,18H,10H2,1H3,(H,20,22)(H2,19,21,24). The molecule has 0 aromatic heterocycles. The van der Waals surface area contributed by atoms with E-state index in [0.29, 0.717) is 5.69 Å². The van der Waals surface area contributed by atoms with Gasteiger partial charge in [0.25, 0.3) is 5.91 Å². The number of carbonyl (C=O) groups excluding carboxylic acids is 1. The first-order valence-electron chi connectivity index (χ1n) is 7.06. The van der Waals surface area contributed by atoms with E-state index in [-0.39, 0.29) is 23.4 Å². The molecule has 0 bridgehead atoms. The largest absolute Gasteiger partial charge is 0.497 e. The average molecular weight is 348 g/mol. The smallest absolute Gasteiger partial charge is 0.257 e. The van der Waals surface area contributed by atoms with Crippen molar-refractivity contribution in [3.63, 3.8) is 0 Å². The minimum absolute atomic E-state index is 0.0176. The molecule has 0 fully saturated rings. The van der Waals surface area contributed by atoms with Crippen LogP contribution < -0.4 is 26.2 Å². The number of halogens is 1. The van der Waals surface area contributed by atoms with Crippen molar-refractivity contribution in [1.29, 1.82) is 0 Å². The monoisotopic (exact) mass is 348 g/mol. The molecule has 0 saturated heterocycles. The maximum atomic E-state index is 12.8. The number of hydrazine groups is 1. The molecule has 0 aliphatic heterocycles. The van der Waals surface area contributed by atoms with E-state index in [4.69, 9.17) is 17.0 Å². The van der Waals surface area contributed by atoms with Crippen molar-refractivity contribution in [2.75, 3.05) is 24.3 Å². The van der Waals surface area contributed by atoms with Crippen LogP contribution in [0.15, 0.2) is 48.5 Å². The molecule has 0 aliphatic rings. The van der Waals surface area contributed by atoms with Gasteiger partial charge in [0.05, 0.1) is 13.7 Å². The molecule has 126 valence electrons. The van der Waals surface area contributed by atoms with Gasteiger partial charge in [-0.15, -0.1) is 0 Å². The highest BCUT2D eigenvalue weighted by atomic mass is 32.1. The molecule has 0 aliphatic carbocycles. The Morgan fingerprint density at radius 2 is 1.67 bits per heavy atom. The Kier molecular flexibility index (Phi) is 6.32. The van der Waals surface area contributed by atoms with E-state index in [1.807, 2.05) is 0 Å². The fourth-order valence-electron chi connectivity index (χ4n) is 1.76. The Labute approximate surface area is 144 Å². The highest BCUT2D eigenvalue weighted by molar-refractivity contribution is 7.80. The van der Waals surface area contributed by atoms with Gasteiger partial charge in [0.2, 0.25) is 0 Å². The van der Waals surface area contributed by atoms with Crippen LogP contribution in [0.3, 0.4) is 0 Å². The minimum Gasteiger partial charge on any atom is -0.497 e. The fraction of sp³-hybridized carbons (Fsp3) is 0.125. The third-order valence-electron chi connectivity index (χ3n) is 2.96. The first kappa shape index (κ1) is 17.5. The SMILES string of the molecule is COc1ccc(NC(=S)NNC(=O)CNc2ccc(F)cc2)cc1. The number of amides is 1. The van der Waals surface area contributed by atoms with Gasteiger partial charge < -0.3 is 15.4 Å². The average Bonchev–Trinajstić information content (AvgIpc) is 2.60. The number of nitrogens with one attached hydrogen (secondary N) is 4. The lowest BCUT2D eigenvalue weighted by molar-refractivity contribution is -0.119. The number of ether oxygens (including phenoxy) is 1. The summed E-state index contributed by atoms with van der Waals surface area (Å²) in [5.41, 5.74) is 6.45. The molecule has 2 aromatic carbocycles. The Bertz CT molecular complexity index is 692. The van der Waals surface area contributed by atoms with E-state index in [1.54, 1.807) is 43.5 Å². The van der Waals surface area contributed by atoms with Crippen molar-refractivity contribution in [3.05, 3.63) is 54.3 Å². The molecule has 6 nitrogen and oxygen atoms in total. The van der Waals surface area contributed by atoms with Crippen LogP contribution in [0.5, 0.6) is 5.75 Å². The van der Waals surface area contributed by atoms with Gasteiger partial charge in [0, 0.05) is 11.4 Å². The quantitative estimate of drug-likeness (QED) is 0.491. The summed E-state index contributed by atoms with van der Waals surface area (Å²) < 4.78 is 17.8. The zero-order valence-electron chi connectivity index (χ0n) is 12.9. The number of benzene rings is 2. The summed E-state index contributed by atoms with van der Waals surface area (Å²) in [7, 11) is 1.59. The van der Waals surface area contributed by atoms with Gasteiger partial charge in [-0.1, -0.05) is 0 Å². The number of thiocarbonyl (C=S) groups is 1. The van der Waals surface area contributed by atoms with Gasteiger partial charge >= 0.3 is 0 Å². The van der Waals surface area contributed by atoms with Gasteiger partial charge in [-0.3, -0.25) is 15.6 Å². The third kappa shape index (κ3) is 5.73. The Morgan fingerprint density at radius 1 is 1.04 bits per heavy atom. The third-order valence-corrected chi connectivity index (χ3v) is 3.16. The molecule has 24 heavy (non-hydrogen) atoms. The number of rotatable bonds is 5. The molecule has 2 rings (SSSR count).